The number of hydrogen-bond donors (Lipinski definition) is 1. The molecule has 0 fully saturated rings. The summed E-state index contributed by atoms with van der Waals surface area (Å²) in [5.74, 6) is -0.0644. The summed E-state index contributed by atoms with van der Waals surface area (Å²) in [6.07, 6.45) is 10.1. The van der Waals surface area contributed by atoms with E-state index in [4.69, 9.17) is 14.6 Å². The number of benzene rings is 2. The molecule has 0 radical (unpaired) electrons. The summed E-state index contributed by atoms with van der Waals surface area (Å²) in [5, 5.41) is 9.01. The average Bonchev–Trinajstić information content (AvgIpc) is 2.77. The molecule has 0 saturated heterocycles. The van der Waals surface area contributed by atoms with Gasteiger partial charge in [0.05, 0.1) is 17.8 Å². The smallest absolute Gasteiger partial charge is 0.335 e. The van der Waals surface area contributed by atoms with Crippen molar-refractivity contribution in [3.05, 3.63) is 54.1 Å². The van der Waals surface area contributed by atoms with E-state index in [1.165, 1.54) is 32.1 Å². The van der Waals surface area contributed by atoms with Gasteiger partial charge in [-0.25, -0.2) is 4.79 Å². The fraction of sp³-hybridized carbons (Fsp3) is 0.519. The van der Waals surface area contributed by atoms with Gasteiger partial charge in [-0.15, -0.1) is 0 Å². The standard InChI is InChI=1S/C27H38O4/c1-4-5-6-7-8-9-20-30-21(2)10-11-22(3)31-26-18-16-24(17-19-26)23-12-14-25(15-13-23)27(28)29/h12-19,21-22H,4-11,20H2,1-3H3,(H,28,29). The van der Waals surface area contributed by atoms with Crippen LogP contribution in [0.15, 0.2) is 48.5 Å². The van der Waals surface area contributed by atoms with E-state index in [1.807, 2.05) is 36.4 Å². The lowest BCUT2D eigenvalue weighted by molar-refractivity contribution is 0.0483. The first-order valence-corrected chi connectivity index (χ1v) is 11.7. The maximum atomic E-state index is 11.0. The lowest BCUT2D eigenvalue weighted by atomic mass is 10.0. The molecule has 0 heterocycles. The molecular formula is C27H38O4. The first kappa shape index (κ1) is 24.9. The lowest BCUT2D eigenvalue weighted by Gasteiger charge is -2.18. The van der Waals surface area contributed by atoms with E-state index in [9.17, 15) is 4.79 Å². The molecule has 0 aromatic heterocycles. The van der Waals surface area contributed by atoms with Crippen molar-refractivity contribution in [1.82, 2.24) is 0 Å². The Morgan fingerprint density at radius 2 is 1.35 bits per heavy atom. The number of carboxylic acids is 1. The maximum Gasteiger partial charge on any atom is 0.335 e. The van der Waals surface area contributed by atoms with Crippen molar-refractivity contribution in [2.45, 2.75) is 84.3 Å². The minimum Gasteiger partial charge on any atom is -0.491 e. The van der Waals surface area contributed by atoms with Crippen LogP contribution in [0.5, 0.6) is 5.75 Å². The molecule has 2 atom stereocenters. The molecule has 0 aliphatic heterocycles. The zero-order chi connectivity index (χ0) is 22.5. The van der Waals surface area contributed by atoms with Crippen LogP contribution in [0.25, 0.3) is 11.1 Å². The van der Waals surface area contributed by atoms with Gasteiger partial charge in [0.15, 0.2) is 0 Å². The van der Waals surface area contributed by atoms with Crippen LogP contribution in [0.3, 0.4) is 0 Å². The van der Waals surface area contributed by atoms with E-state index in [2.05, 4.69) is 20.8 Å². The molecule has 2 aromatic rings. The number of rotatable bonds is 15. The van der Waals surface area contributed by atoms with Crippen molar-refractivity contribution in [3.63, 3.8) is 0 Å². The first-order chi connectivity index (χ1) is 15.0. The van der Waals surface area contributed by atoms with Crippen LogP contribution < -0.4 is 4.74 Å². The molecular weight excluding hydrogens is 388 g/mol. The van der Waals surface area contributed by atoms with Crippen molar-refractivity contribution in [2.24, 2.45) is 0 Å². The summed E-state index contributed by atoms with van der Waals surface area (Å²) < 4.78 is 12.0. The number of hydrogen-bond acceptors (Lipinski definition) is 3. The monoisotopic (exact) mass is 426 g/mol. The Hall–Kier alpha value is -2.33. The minimum atomic E-state index is -0.911. The molecule has 2 aromatic carbocycles. The van der Waals surface area contributed by atoms with E-state index < -0.39 is 5.97 Å². The van der Waals surface area contributed by atoms with Crippen LogP contribution in [-0.2, 0) is 4.74 Å². The zero-order valence-corrected chi connectivity index (χ0v) is 19.3. The van der Waals surface area contributed by atoms with Crippen LogP contribution in [0, 0.1) is 0 Å². The van der Waals surface area contributed by atoms with Gasteiger partial charge in [0.25, 0.3) is 0 Å². The molecule has 0 spiro atoms. The highest BCUT2D eigenvalue weighted by atomic mass is 16.5. The topological polar surface area (TPSA) is 55.8 Å². The Morgan fingerprint density at radius 3 is 1.97 bits per heavy atom. The van der Waals surface area contributed by atoms with Gasteiger partial charge in [-0.05, 0) is 68.5 Å². The third-order valence-corrected chi connectivity index (χ3v) is 5.54. The van der Waals surface area contributed by atoms with Crippen LogP contribution in [0.1, 0.15) is 82.5 Å². The van der Waals surface area contributed by atoms with Gasteiger partial charge >= 0.3 is 5.97 Å². The molecule has 0 saturated carbocycles. The van der Waals surface area contributed by atoms with Gasteiger partial charge in [0.1, 0.15) is 5.75 Å². The van der Waals surface area contributed by atoms with E-state index in [-0.39, 0.29) is 12.2 Å². The molecule has 2 unspecified atom stereocenters. The Kier molecular flexibility index (Phi) is 11.2. The molecule has 4 heteroatoms. The van der Waals surface area contributed by atoms with Crippen LogP contribution in [0.2, 0.25) is 0 Å². The van der Waals surface area contributed by atoms with Gasteiger partial charge in [-0.3, -0.25) is 0 Å². The van der Waals surface area contributed by atoms with Gasteiger partial charge in [-0.2, -0.15) is 0 Å². The predicted molar refractivity (Wildman–Crippen MR) is 127 cm³/mol. The number of carboxylic acid groups (broad SMARTS) is 1. The highest BCUT2D eigenvalue weighted by molar-refractivity contribution is 5.88. The van der Waals surface area contributed by atoms with E-state index in [0.29, 0.717) is 5.56 Å². The molecule has 0 bridgehead atoms. The van der Waals surface area contributed by atoms with Crippen LogP contribution >= 0.6 is 0 Å². The molecule has 2 rings (SSSR count). The third-order valence-electron chi connectivity index (χ3n) is 5.54. The summed E-state index contributed by atoms with van der Waals surface area (Å²) in [6, 6.07) is 14.8. The summed E-state index contributed by atoms with van der Waals surface area (Å²) in [5.41, 5.74) is 2.32. The second-order valence-electron chi connectivity index (χ2n) is 8.36. The van der Waals surface area contributed by atoms with Crippen molar-refractivity contribution in [2.75, 3.05) is 6.61 Å². The summed E-state index contributed by atoms with van der Waals surface area (Å²) in [7, 11) is 0. The Morgan fingerprint density at radius 1 is 0.806 bits per heavy atom. The quantitative estimate of drug-likeness (QED) is 0.302. The lowest BCUT2D eigenvalue weighted by Crippen LogP contribution is -2.17. The van der Waals surface area contributed by atoms with Crippen molar-refractivity contribution in [3.8, 4) is 16.9 Å². The molecule has 1 N–H and O–H groups in total. The zero-order valence-electron chi connectivity index (χ0n) is 19.3. The maximum absolute atomic E-state index is 11.0. The molecule has 170 valence electrons. The van der Waals surface area contributed by atoms with Crippen molar-refractivity contribution >= 4 is 5.97 Å². The predicted octanol–water partition coefficient (Wildman–Crippen LogP) is 7.36. The van der Waals surface area contributed by atoms with Crippen molar-refractivity contribution < 1.29 is 19.4 Å². The summed E-state index contributed by atoms with van der Waals surface area (Å²) >= 11 is 0. The van der Waals surface area contributed by atoms with Crippen LogP contribution in [0.4, 0.5) is 0 Å². The van der Waals surface area contributed by atoms with E-state index in [1.54, 1.807) is 12.1 Å². The Balaban J connectivity index is 1.67. The Labute approximate surface area is 187 Å². The largest absolute Gasteiger partial charge is 0.491 e. The SMILES string of the molecule is CCCCCCCCOC(C)CCC(C)Oc1ccc(-c2ccc(C(=O)O)cc2)cc1. The molecule has 31 heavy (non-hydrogen) atoms. The van der Waals surface area contributed by atoms with E-state index >= 15 is 0 Å². The molecule has 0 aliphatic rings. The van der Waals surface area contributed by atoms with Gasteiger partial charge < -0.3 is 14.6 Å². The normalized spacial score (nSPS) is 13.0. The molecule has 0 aliphatic carbocycles. The van der Waals surface area contributed by atoms with E-state index in [0.717, 1.165) is 42.7 Å². The Bertz CT molecular complexity index is 752. The molecule has 4 nitrogen and oxygen atoms in total. The van der Waals surface area contributed by atoms with Crippen molar-refractivity contribution in [1.29, 1.82) is 0 Å². The molecule has 0 amide bonds. The number of carbonyl (C=O) groups is 1. The second kappa shape index (κ2) is 13.9. The van der Waals surface area contributed by atoms with Gasteiger partial charge in [-0.1, -0.05) is 63.3 Å². The number of unbranched alkanes of at least 4 members (excludes halogenated alkanes) is 5. The fourth-order valence-corrected chi connectivity index (χ4v) is 3.54. The fourth-order valence-electron chi connectivity index (χ4n) is 3.54. The average molecular weight is 427 g/mol. The number of ether oxygens (including phenoxy) is 2. The second-order valence-corrected chi connectivity index (χ2v) is 8.36. The summed E-state index contributed by atoms with van der Waals surface area (Å²) in [4.78, 5) is 11.0. The highest BCUT2D eigenvalue weighted by Gasteiger charge is 2.09. The summed E-state index contributed by atoms with van der Waals surface area (Å²) in [6.45, 7) is 7.35. The minimum absolute atomic E-state index is 0.126. The van der Waals surface area contributed by atoms with Crippen LogP contribution in [-0.4, -0.2) is 29.9 Å². The van der Waals surface area contributed by atoms with Gasteiger partial charge in [0.2, 0.25) is 0 Å². The van der Waals surface area contributed by atoms with Gasteiger partial charge in [0, 0.05) is 6.61 Å². The third kappa shape index (κ3) is 9.56. The number of aromatic carboxylic acids is 1. The highest BCUT2D eigenvalue weighted by Crippen LogP contribution is 2.24. The first-order valence-electron chi connectivity index (χ1n) is 11.7.